The molecule has 0 saturated carbocycles. The number of nitrogens with zero attached hydrogens (tertiary/aromatic N) is 2. The fourth-order valence-corrected chi connectivity index (χ4v) is 4.22. The summed E-state index contributed by atoms with van der Waals surface area (Å²) in [5.41, 5.74) is 4.56. The number of benzene rings is 3. The first kappa shape index (κ1) is 23.2. The molecule has 3 aromatic rings. The highest BCUT2D eigenvalue weighted by Crippen LogP contribution is 2.19. The van der Waals surface area contributed by atoms with E-state index < -0.39 is 6.10 Å². The van der Waals surface area contributed by atoms with Crippen LogP contribution < -0.4 is 4.90 Å². The SMILES string of the molecule is O=C1COCCN1c1ccc(CC[C@@H](O)CN(Cc2ccccc2)Cc2ccccc2)cc1. The Morgan fingerprint density at radius 1 is 0.848 bits per heavy atom. The molecule has 5 heteroatoms. The Morgan fingerprint density at radius 2 is 1.45 bits per heavy atom. The molecule has 0 unspecified atom stereocenters. The van der Waals surface area contributed by atoms with Crippen molar-refractivity contribution in [3.8, 4) is 0 Å². The highest BCUT2D eigenvalue weighted by molar-refractivity contribution is 5.94. The van der Waals surface area contributed by atoms with Gasteiger partial charge in [0.05, 0.1) is 12.7 Å². The molecule has 0 bridgehead atoms. The third-order valence-electron chi connectivity index (χ3n) is 5.97. The van der Waals surface area contributed by atoms with Gasteiger partial charge in [0, 0.05) is 31.9 Å². The molecule has 0 radical (unpaired) electrons. The Balaban J connectivity index is 1.32. The number of aliphatic hydroxyl groups excluding tert-OH is 1. The third-order valence-corrected chi connectivity index (χ3v) is 5.97. The maximum atomic E-state index is 12.0. The molecule has 1 aliphatic rings. The zero-order valence-electron chi connectivity index (χ0n) is 19.0. The summed E-state index contributed by atoms with van der Waals surface area (Å²) in [7, 11) is 0. The Bertz CT molecular complexity index is 951. The van der Waals surface area contributed by atoms with Crippen LogP contribution in [0.2, 0.25) is 0 Å². The van der Waals surface area contributed by atoms with Gasteiger partial charge in [-0.05, 0) is 41.7 Å². The van der Waals surface area contributed by atoms with Crippen LogP contribution in [0.5, 0.6) is 0 Å². The number of rotatable bonds is 10. The second kappa shape index (κ2) is 11.8. The predicted molar refractivity (Wildman–Crippen MR) is 131 cm³/mol. The summed E-state index contributed by atoms with van der Waals surface area (Å²) in [6.45, 7) is 3.53. The molecule has 1 fully saturated rings. The van der Waals surface area contributed by atoms with E-state index >= 15 is 0 Å². The molecule has 5 nitrogen and oxygen atoms in total. The Hall–Kier alpha value is -2.99. The molecule has 0 spiro atoms. The van der Waals surface area contributed by atoms with Crippen molar-refractivity contribution in [1.29, 1.82) is 0 Å². The highest BCUT2D eigenvalue weighted by Gasteiger charge is 2.20. The number of ether oxygens (including phenoxy) is 1. The largest absolute Gasteiger partial charge is 0.392 e. The maximum Gasteiger partial charge on any atom is 0.253 e. The zero-order chi connectivity index (χ0) is 22.9. The van der Waals surface area contributed by atoms with E-state index in [2.05, 4.69) is 65.6 Å². The van der Waals surface area contributed by atoms with Gasteiger partial charge in [-0.2, -0.15) is 0 Å². The van der Waals surface area contributed by atoms with Gasteiger partial charge >= 0.3 is 0 Å². The van der Waals surface area contributed by atoms with Crippen molar-refractivity contribution in [3.63, 3.8) is 0 Å². The number of carbonyl (C=O) groups is 1. The van der Waals surface area contributed by atoms with Gasteiger partial charge in [-0.15, -0.1) is 0 Å². The molecular weight excluding hydrogens is 412 g/mol. The van der Waals surface area contributed by atoms with Crippen LogP contribution in [0, 0.1) is 0 Å². The van der Waals surface area contributed by atoms with E-state index in [1.165, 1.54) is 11.1 Å². The van der Waals surface area contributed by atoms with E-state index in [4.69, 9.17) is 4.74 Å². The van der Waals surface area contributed by atoms with Crippen LogP contribution in [0.25, 0.3) is 0 Å². The van der Waals surface area contributed by atoms with Crippen molar-refractivity contribution >= 4 is 11.6 Å². The van der Waals surface area contributed by atoms with Crippen molar-refractivity contribution in [1.82, 2.24) is 4.90 Å². The minimum absolute atomic E-state index is 0.00125. The second-order valence-corrected chi connectivity index (χ2v) is 8.60. The van der Waals surface area contributed by atoms with E-state index in [0.717, 1.165) is 30.8 Å². The lowest BCUT2D eigenvalue weighted by Gasteiger charge is -2.27. The van der Waals surface area contributed by atoms with Crippen LogP contribution in [0.3, 0.4) is 0 Å². The monoisotopic (exact) mass is 444 g/mol. The average Bonchev–Trinajstić information content (AvgIpc) is 2.85. The van der Waals surface area contributed by atoms with E-state index in [1.807, 2.05) is 24.3 Å². The fraction of sp³-hybridized carbons (Fsp3) is 0.321. The number of aryl methyl sites for hydroxylation is 1. The van der Waals surface area contributed by atoms with Gasteiger partial charge in [0.15, 0.2) is 0 Å². The summed E-state index contributed by atoms with van der Waals surface area (Å²) >= 11 is 0. The molecule has 0 aromatic heterocycles. The van der Waals surface area contributed by atoms with E-state index in [9.17, 15) is 9.90 Å². The third kappa shape index (κ3) is 6.99. The number of carbonyl (C=O) groups excluding carboxylic acids is 1. The minimum atomic E-state index is -0.419. The standard InChI is InChI=1S/C28H32N2O3/c31-27(16-13-23-11-14-26(15-12-23)30-17-18-33-22-28(30)32)21-29(19-24-7-3-1-4-8-24)20-25-9-5-2-6-10-25/h1-12,14-15,27,31H,13,16-22H2/t27-/m1/s1. The van der Waals surface area contributed by atoms with Gasteiger partial charge in [0.1, 0.15) is 6.61 Å². The van der Waals surface area contributed by atoms with E-state index in [1.54, 1.807) is 4.90 Å². The molecule has 1 atom stereocenters. The number of aliphatic hydroxyl groups is 1. The smallest absolute Gasteiger partial charge is 0.253 e. The maximum absolute atomic E-state index is 12.0. The van der Waals surface area contributed by atoms with Crippen LogP contribution >= 0.6 is 0 Å². The van der Waals surface area contributed by atoms with Gasteiger partial charge in [-0.1, -0.05) is 72.8 Å². The lowest BCUT2D eigenvalue weighted by atomic mass is 10.0. The second-order valence-electron chi connectivity index (χ2n) is 8.60. The van der Waals surface area contributed by atoms with Crippen molar-refractivity contribution in [2.45, 2.75) is 32.0 Å². The van der Waals surface area contributed by atoms with Crippen LogP contribution in [0.15, 0.2) is 84.9 Å². The molecule has 0 aliphatic carbocycles. The minimum Gasteiger partial charge on any atom is -0.392 e. The van der Waals surface area contributed by atoms with Crippen LogP contribution in [-0.2, 0) is 29.0 Å². The van der Waals surface area contributed by atoms with Crippen LogP contribution in [0.1, 0.15) is 23.1 Å². The summed E-state index contributed by atoms with van der Waals surface area (Å²) in [6.07, 6.45) is 1.07. The molecule has 1 aliphatic heterocycles. The predicted octanol–water partition coefficient (Wildman–Crippen LogP) is 4.05. The Morgan fingerprint density at radius 3 is 2.03 bits per heavy atom. The van der Waals surface area contributed by atoms with E-state index in [0.29, 0.717) is 26.1 Å². The summed E-state index contributed by atoms with van der Waals surface area (Å²) in [6, 6.07) is 28.9. The Kier molecular flexibility index (Phi) is 8.25. The number of anilines is 1. The van der Waals surface area contributed by atoms with Crippen molar-refractivity contribution in [2.24, 2.45) is 0 Å². The van der Waals surface area contributed by atoms with Crippen molar-refractivity contribution < 1.29 is 14.6 Å². The summed E-state index contributed by atoms with van der Waals surface area (Å²) in [5, 5.41) is 10.8. The summed E-state index contributed by atoms with van der Waals surface area (Å²) in [4.78, 5) is 16.1. The van der Waals surface area contributed by atoms with Crippen molar-refractivity contribution in [2.75, 3.05) is 31.2 Å². The van der Waals surface area contributed by atoms with E-state index in [-0.39, 0.29) is 12.5 Å². The number of hydrogen-bond donors (Lipinski definition) is 1. The first-order valence-electron chi connectivity index (χ1n) is 11.6. The molecule has 172 valence electrons. The van der Waals surface area contributed by atoms with Crippen LogP contribution in [0.4, 0.5) is 5.69 Å². The topological polar surface area (TPSA) is 53.0 Å². The average molecular weight is 445 g/mol. The highest BCUT2D eigenvalue weighted by atomic mass is 16.5. The van der Waals surface area contributed by atoms with Gasteiger partial charge in [0.2, 0.25) is 0 Å². The molecule has 33 heavy (non-hydrogen) atoms. The number of hydrogen-bond acceptors (Lipinski definition) is 4. The lowest BCUT2D eigenvalue weighted by molar-refractivity contribution is -0.125. The zero-order valence-corrected chi connectivity index (χ0v) is 19.0. The normalized spacial score (nSPS) is 15.1. The van der Waals surface area contributed by atoms with Gasteiger partial charge < -0.3 is 14.7 Å². The number of morpholine rings is 1. The van der Waals surface area contributed by atoms with Crippen LogP contribution in [-0.4, -0.2) is 48.3 Å². The lowest BCUT2D eigenvalue weighted by Crippen LogP contribution is -2.41. The quantitative estimate of drug-likeness (QED) is 0.513. The van der Waals surface area contributed by atoms with Gasteiger partial charge in [-0.25, -0.2) is 0 Å². The first-order valence-corrected chi connectivity index (χ1v) is 11.6. The Labute approximate surface area is 196 Å². The molecule has 1 saturated heterocycles. The number of amides is 1. The first-order chi connectivity index (χ1) is 16.2. The van der Waals surface area contributed by atoms with Gasteiger partial charge in [0.25, 0.3) is 5.91 Å². The fourth-order valence-electron chi connectivity index (χ4n) is 4.22. The van der Waals surface area contributed by atoms with Gasteiger partial charge in [-0.3, -0.25) is 9.69 Å². The molecular formula is C28H32N2O3. The molecule has 1 heterocycles. The molecule has 4 rings (SSSR count). The molecule has 3 aromatic carbocycles. The molecule has 1 amide bonds. The summed E-state index contributed by atoms with van der Waals surface area (Å²) < 4.78 is 5.21. The summed E-state index contributed by atoms with van der Waals surface area (Å²) in [5.74, 6) is 0.00125. The van der Waals surface area contributed by atoms with Crippen molar-refractivity contribution in [3.05, 3.63) is 102 Å². The molecule has 1 N–H and O–H groups in total.